The zero-order chi connectivity index (χ0) is 14.9. The summed E-state index contributed by atoms with van der Waals surface area (Å²) in [4.78, 5) is 10.5. The van der Waals surface area contributed by atoms with Crippen LogP contribution in [-0.4, -0.2) is 12.6 Å². The Labute approximate surface area is 124 Å². The van der Waals surface area contributed by atoms with E-state index in [2.05, 4.69) is 43.4 Å². The molecule has 0 N–H and O–H groups in total. The van der Waals surface area contributed by atoms with E-state index in [0.29, 0.717) is 6.61 Å². The Morgan fingerprint density at radius 3 is 2.15 bits per heavy atom. The first-order chi connectivity index (χ1) is 9.77. The molecule has 0 aliphatic rings. The van der Waals surface area contributed by atoms with E-state index in [1.165, 1.54) is 32.6 Å². The fraction of sp³-hybridized carbons (Fsp3) is 0.611. The van der Waals surface area contributed by atoms with Gasteiger partial charge in [-0.25, -0.2) is 0 Å². The largest absolute Gasteiger partial charge is 0.466 e. The van der Waals surface area contributed by atoms with Gasteiger partial charge in [0.1, 0.15) is 0 Å². The molecule has 0 heterocycles. The van der Waals surface area contributed by atoms with Crippen LogP contribution in [0.4, 0.5) is 0 Å². The molecule has 2 heteroatoms. The summed E-state index contributed by atoms with van der Waals surface area (Å²) in [5.74, 6) is -0.198. The second-order valence-electron chi connectivity index (χ2n) is 4.88. The van der Waals surface area contributed by atoms with Gasteiger partial charge in [0.25, 0.3) is 0 Å². The van der Waals surface area contributed by atoms with Crippen LogP contribution in [0, 0.1) is 0 Å². The standard InChI is InChI=1S/C18H30O2/c1-3-4-5-6-7-8-9-10-11-12-13-14-15-16-17-20-18(2)19/h7-8,11-14H,3-6,9-10,15-17H2,1-2H3/b8-7-,12-11-,14-13+. The van der Waals surface area contributed by atoms with Crippen LogP contribution in [0.3, 0.4) is 0 Å². The number of unbranched alkanes of at least 4 members (excludes halogenated alkanes) is 5. The SMILES string of the molecule is CCCCC/C=C\CC/C=C\C=C\CCCOC(C)=O. The normalized spacial score (nSPS) is 11.9. The Morgan fingerprint density at radius 2 is 1.45 bits per heavy atom. The number of hydrogen-bond donors (Lipinski definition) is 0. The Bertz CT molecular complexity index is 301. The summed E-state index contributed by atoms with van der Waals surface area (Å²) >= 11 is 0. The van der Waals surface area contributed by atoms with Gasteiger partial charge in [0.05, 0.1) is 6.61 Å². The molecule has 114 valence electrons. The van der Waals surface area contributed by atoms with Crippen LogP contribution in [-0.2, 0) is 9.53 Å². The van der Waals surface area contributed by atoms with Gasteiger partial charge in [0, 0.05) is 6.92 Å². The molecular formula is C18H30O2. The van der Waals surface area contributed by atoms with Crippen LogP contribution < -0.4 is 0 Å². The minimum Gasteiger partial charge on any atom is -0.466 e. The number of hydrogen-bond acceptors (Lipinski definition) is 2. The van der Waals surface area contributed by atoms with Crippen molar-refractivity contribution in [1.29, 1.82) is 0 Å². The van der Waals surface area contributed by atoms with E-state index in [1.807, 2.05) is 0 Å². The molecule has 2 nitrogen and oxygen atoms in total. The summed E-state index contributed by atoms with van der Waals surface area (Å²) in [5.41, 5.74) is 0. The number of carbonyl (C=O) groups excluding carboxylic acids is 1. The first-order valence-electron chi connectivity index (χ1n) is 7.87. The van der Waals surface area contributed by atoms with Gasteiger partial charge in [-0.05, 0) is 38.5 Å². The van der Waals surface area contributed by atoms with Crippen LogP contribution in [0.5, 0.6) is 0 Å². The van der Waals surface area contributed by atoms with Crippen molar-refractivity contribution in [3.63, 3.8) is 0 Å². The predicted molar refractivity (Wildman–Crippen MR) is 86.7 cm³/mol. The number of ether oxygens (including phenoxy) is 1. The molecule has 0 rings (SSSR count). The molecule has 0 amide bonds. The smallest absolute Gasteiger partial charge is 0.302 e. The molecule has 0 atom stereocenters. The zero-order valence-electron chi connectivity index (χ0n) is 13.1. The third kappa shape index (κ3) is 16.7. The van der Waals surface area contributed by atoms with E-state index in [9.17, 15) is 4.79 Å². The van der Waals surface area contributed by atoms with Crippen LogP contribution in [0.15, 0.2) is 36.5 Å². The van der Waals surface area contributed by atoms with Gasteiger partial charge in [-0.2, -0.15) is 0 Å². The Balaban J connectivity index is 3.32. The highest BCUT2D eigenvalue weighted by Gasteiger charge is 1.89. The number of rotatable bonds is 12. The van der Waals surface area contributed by atoms with E-state index in [1.54, 1.807) is 0 Å². The molecule has 0 aliphatic carbocycles. The number of esters is 1. The van der Waals surface area contributed by atoms with Gasteiger partial charge < -0.3 is 4.74 Å². The van der Waals surface area contributed by atoms with Gasteiger partial charge in [-0.1, -0.05) is 56.2 Å². The monoisotopic (exact) mass is 278 g/mol. The van der Waals surface area contributed by atoms with Gasteiger partial charge >= 0.3 is 5.97 Å². The number of carbonyl (C=O) groups is 1. The van der Waals surface area contributed by atoms with Crippen LogP contribution in [0.2, 0.25) is 0 Å². The molecule has 0 aromatic carbocycles. The average molecular weight is 278 g/mol. The molecule has 0 saturated carbocycles. The molecule has 0 fully saturated rings. The van der Waals surface area contributed by atoms with E-state index in [-0.39, 0.29) is 5.97 Å². The van der Waals surface area contributed by atoms with Crippen molar-refractivity contribution >= 4 is 5.97 Å². The Kier molecular flexibility index (Phi) is 14.7. The molecular weight excluding hydrogens is 248 g/mol. The molecule has 0 unspecified atom stereocenters. The third-order valence-corrected chi connectivity index (χ3v) is 2.84. The predicted octanol–water partition coefficient (Wildman–Crippen LogP) is 5.36. The third-order valence-electron chi connectivity index (χ3n) is 2.84. The second-order valence-corrected chi connectivity index (χ2v) is 4.88. The van der Waals surface area contributed by atoms with E-state index in [4.69, 9.17) is 4.74 Å². The van der Waals surface area contributed by atoms with Gasteiger partial charge in [0.2, 0.25) is 0 Å². The van der Waals surface area contributed by atoms with Crippen LogP contribution in [0.25, 0.3) is 0 Å². The van der Waals surface area contributed by atoms with Crippen molar-refractivity contribution in [3.8, 4) is 0 Å². The van der Waals surface area contributed by atoms with Gasteiger partial charge in [0.15, 0.2) is 0 Å². The highest BCUT2D eigenvalue weighted by Crippen LogP contribution is 2.01. The van der Waals surface area contributed by atoms with E-state index in [0.717, 1.165) is 25.7 Å². The summed E-state index contributed by atoms with van der Waals surface area (Å²) in [6.45, 7) is 4.20. The summed E-state index contributed by atoms with van der Waals surface area (Å²) < 4.78 is 4.85. The molecule has 0 spiro atoms. The second kappa shape index (κ2) is 15.7. The van der Waals surface area contributed by atoms with Crippen molar-refractivity contribution in [2.75, 3.05) is 6.61 Å². The lowest BCUT2D eigenvalue weighted by Gasteiger charge is -1.97. The average Bonchev–Trinajstić information content (AvgIpc) is 2.43. The topological polar surface area (TPSA) is 26.3 Å². The molecule has 0 aromatic rings. The molecule has 0 bridgehead atoms. The van der Waals surface area contributed by atoms with Crippen LogP contribution in [0.1, 0.15) is 65.2 Å². The summed E-state index contributed by atoms with van der Waals surface area (Å²) in [7, 11) is 0. The lowest BCUT2D eigenvalue weighted by Crippen LogP contribution is -1.99. The highest BCUT2D eigenvalue weighted by molar-refractivity contribution is 5.65. The van der Waals surface area contributed by atoms with Crippen LogP contribution >= 0.6 is 0 Å². The van der Waals surface area contributed by atoms with Crippen molar-refractivity contribution in [1.82, 2.24) is 0 Å². The quantitative estimate of drug-likeness (QED) is 0.208. The minimum absolute atomic E-state index is 0.198. The molecule has 0 saturated heterocycles. The van der Waals surface area contributed by atoms with Gasteiger partial charge in [-0.3, -0.25) is 4.79 Å². The van der Waals surface area contributed by atoms with Crippen molar-refractivity contribution < 1.29 is 9.53 Å². The summed E-state index contributed by atoms with van der Waals surface area (Å²) in [6, 6.07) is 0. The molecule has 0 aliphatic heterocycles. The lowest BCUT2D eigenvalue weighted by molar-refractivity contribution is -0.141. The van der Waals surface area contributed by atoms with E-state index < -0.39 is 0 Å². The maximum atomic E-state index is 10.5. The zero-order valence-corrected chi connectivity index (χ0v) is 13.1. The lowest BCUT2D eigenvalue weighted by atomic mass is 10.2. The molecule has 20 heavy (non-hydrogen) atoms. The Hall–Kier alpha value is -1.31. The fourth-order valence-electron chi connectivity index (χ4n) is 1.71. The maximum Gasteiger partial charge on any atom is 0.302 e. The minimum atomic E-state index is -0.198. The van der Waals surface area contributed by atoms with E-state index >= 15 is 0 Å². The van der Waals surface area contributed by atoms with Crippen molar-refractivity contribution in [2.24, 2.45) is 0 Å². The Morgan fingerprint density at radius 1 is 0.850 bits per heavy atom. The maximum absolute atomic E-state index is 10.5. The first kappa shape index (κ1) is 18.7. The first-order valence-corrected chi connectivity index (χ1v) is 7.87. The van der Waals surface area contributed by atoms with Gasteiger partial charge in [-0.15, -0.1) is 0 Å². The summed E-state index contributed by atoms with van der Waals surface area (Å²) in [5, 5.41) is 0. The van der Waals surface area contributed by atoms with Crippen molar-refractivity contribution in [2.45, 2.75) is 65.2 Å². The number of allylic oxidation sites excluding steroid dienone is 6. The molecule has 0 aromatic heterocycles. The molecule has 0 radical (unpaired) electrons. The summed E-state index contributed by atoms with van der Waals surface area (Å²) in [6.07, 6.45) is 22.3. The van der Waals surface area contributed by atoms with Crippen molar-refractivity contribution in [3.05, 3.63) is 36.5 Å². The fourth-order valence-corrected chi connectivity index (χ4v) is 1.71. The highest BCUT2D eigenvalue weighted by atomic mass is 16.5.